The largest absolute Gasteiger partial charge is 0.271 e. The zero-order chi connectivity index (χ0) is 13.9. The number of alkyl halides is 2. The summed E-state index contributed by atoms with van der Waals surface area (Å²) in [5.74, 6) is 5.09. The van der Waals surface area contributed by atoms with E-state index in [1.165, 1.54) is 32.1 Å². The van der Waals surface area contributed by atoms with Crippen LogP contribution in [0.25, 0.3) is 0 Å². The summed E-state index contributed by atoms with van der Waals surface area (Å²) in [5.41, 5.74) is 2.96. The Balaban J connectivity index is 1.87. The van der Waals surface area contributed by atoms with Crippen LogP contribution in [0.5, 0.6) is 0 Å². The third kappa shape index (κ3) is 3.88. The summed E-state index contributed by atoms with van der Waals surface area (Å²) in [6, 6.07) is 0.244. The van der Waals surface area contributed by atoms with Crippen molar-refractivity contribution in [3.8, 4) is 0 Å². The molecular formula is C15H28F2N2. The third-order valence-electron chi connectivity index (χ3n) is 5.44. The van der Waals surface area contributed by atoms with Gasteiger partial charge in [-0.25, -0.2) is 8.78 Å². The van der Waals surface area contributed by atoms with Gasteiger partial charge >= 0.3 is 0 Å². The predicted molar refractivity (Wildman–Crippen MR) is 73.8 cm³/mol. The zero-order valence-electron chi connectivity index (χ0n) is 12.0. The van der Waals surface area contributed by atoms with Crippen molar-refractivity contribution in [2.75, 3.05) is 0 Å². The van der Waals surface area contributed by atoms with Crippen molar-refractivity contribution in [2.45, 2.75) is 76.7 Å². The fraction of sp³-hybridized carbons (Fsp3) is 1.00. The maximum absolute atomic E-state index is 13.2. The SMILES string of the molecule is CCC1CCC(C(NN)C2CCC(F)(F)CC2)CC1. The van der Waals surface area contributed by atoms with Crippen LogP contribution in [0.4, 0.5) is 8.78 Å². The lowest BCUT2D eigenvalue weighted by molar-refractivity contribution is -0.0531. The number of rotatable bonds is 4. The van der Waals surface area contributed by atoms with Crippen molar-refractivity contribution in [3.63, 3.8) is 0 Å². The van der Waals surface area contributed by atoms with Crippen LogP contribution in [-0.4, -0.2) is 12.0 Å². The van der Waals surface area contributed by atoms with Gasteiger partial charge in [0.2, 0.25) is 5.92 Å². The Bertz CT molecular complexity index is 265. The smallest absolute Gasteiger partial charge is 0.248 e. The van der Waals surface area contributed by atoms with Gasteiger partial charge in [-0.1, -0.05) is 26.2 Å². The molecule has 0 heterocycles. The van der Waals surface area contributed by atoms with Gasteiger partial charge in [-0.05, 0) is 43.4 Å². The highest BCUT2D eigenvalue weighted by atomic mass is 19.3. The number of halogens is 2. The molecule has 2 aliphatic carbocycles. The van der Waals surface area contributed by atoms with Crippen molar-refractivity contribution in [1.82, 2.24) is 5.43 Å². The van der Waals surface area contributed by atoms with E-state index in [1.807, 2.05) is 0 Å². The van der Waals surface area contributed by atoms with Crippen molar-refractivity contribution in [3.05, 3.63) is 0 Å². The van der Waals surface area contributed by atoms with Gasteiger partial charge in [0.15, 0.2) is 0 Å². The summed E-state index contributed by atoms with van der Waals surface area (Å²) in [4.78, 5) is 0. The van der Waals surface area contributed by atoms with Crippen LogP contribution in [0.3, 0.4) is 0 Å². The first kappa shape index (κ1) is 15.2. The summed E-state index contributed by atoms with van der Waals surface area (Å²) in [5, 5.41) is 0. The van der Waals surface area contributed by atoms with Gasteiger partial charge in [0.05, 0.1) is 0 Å². The van der Waals surface area contributed by atoms with Gasteiger partial charge in [0.25, 0.3) is 0 Å². The molecule has 2 aliphatic rings. The Morgan fingerprint density at radius 2 is 1.58 bits per heavy atom. The van der Waals surface area contributed by atoms with Crippen molar-refractivity contribution < 1.29 is 8.78 Å². The second-order valence-electron chi connectivity index (χ2n) is 6.57. The monoisotopic (exact) mass is 274 g/mol. The van der Waals surface area contributed by atoms with Crippen molar-refractivity contribution in [1.29, 1.82) is 0 Å². The number of nitrogens with one attached hydrogen (secondary N) is 1. The number of hydrazine groups is 1. The second-order valence-corrected chi connectivity index (χ2v) is 6.57. The van der Waals surface area contributed by atoms with E-state index in [1.54, 1.807) is 0 Å². The molecule has 0 amide bonds. The molecule has 0 aromatic heterocycles. The summed E-state index contributed by atoms with van der Waals surface area (Å²) >= 11 is 0. The lowest BCUT2D eigenvalue weighted by atomic mass is 9.71. The molecule has 0 aromatic carbocycles. The Morgan fingerprint density at radius 1 is 1.05 bits per heavy atom. The lowest BCUT2D eigenvalue weighted by Gasteiger charge is -2.40. The molecule has 3 N–H and O–H groups in total. The minimum Gasteiger partial charge on any atom is -0.271 e. The average Bonchev–Trinajstić information content (AvgIpc) is 2.42. The van der Waals surface area contributed by atoms with Crippen LogP contribution in [0, 0.1) is 17.8 Å². The van der Waals surface area contributed by atoms with Crippen LogP contribution in [0.2, 0.25) is 0 Å². The molecule has 0 spiro atoms. The molecule has 2 fully saturated rings. The molecule has 0 aliphatic heterocycles. The first-order valence-corrected chi connectivity index (χ1v) is 7.89. The maximum atomic E-state index is 13.2. The highest BCUT2D eigenvalue weighted by Gasteiger charge is 2.40. The van der Waals surface area contributed by atoms with Gasteiger partial charge < -0.3 is 0 Å². The highest BCUT2D eigenvalue weighted by molar-refractivity contribution is 4.89. The zero-order valence-corrected chi connectivity index (χ0v) is 12.0. The fourth-order valence-electron chi connectivity index (χ4n) is 4.03. The van der Waals surface area contributed by atoms with E-state index in [9.17, 15) is 8.78 Å². The number of hydrogen-bond acceptors (Lipinski definition) is 2. The second kappa shape index (κ2) is 6.49. The average molecular weight is 274 g/mol. The number of hydrogen-bond donors (Lipinski definition) is 2. The topological polar surface area (TPSA) is 38.0 Å². The summed E-state index contributed by atoms with van der Waals surface area (Å²) in [6.45, 7) is 2.26. The first-order valence-electron chi connectivity index (χ1n) is 7.89. The molecule has 0 radical (unpaired) electrons. The van der Waals surface area contributed by atoms with E-state index in [2.05, 4.69) is 12.3 Å². The normalized spacial score (nSPS) is 34.1. The minimum absolute atomic E-state index is 0.0418. The standard InChI is InChI=1S/C15H28F2N2/c1-2-11-3-5-12(6-4-11)14(19-18)13-7-9-15(16,17)10-8-13/h11-14,19H,2-10,18H2,1H3. The molecular weight excluding hydrogens is 246 g/mol. The van der Waals surface area contributed by atoms with Crippen LogP contribution in [0.15, 0.2) is 0 Å². The van der Waals surface area contributed by atoms with Crippen LogP contribution in [-0.2, 0) is 0 Å². The van der Waals surface area contributed by atoms with Gasteiger partial charge in [-0.2, -0.15) is 0 Å². The molecule has 0 aromatic rings. The third-order valence-corrected chi connectivity index (χ3v) is 5.44. The fourth-order valence-corrected chi connectivity index (χ4v) is 4.03. The quantitative estimate of drug-likeness (QED) is 0.603. The Hall–Kier alpha value is -0.220. The van der Waals surface area contributed by atoms with Crippen LogP contribution < -0.4 is 11.3 Å². The molecule has 0 saturated heterocycles. The van der Waals surface area contributed by atoms with E-state index < -0.39 is 5.92 Å². The highest BCUT2D eigenvalue weighted by Crippen LogP contribution is 2.41. The van der Waals surface area contributed by atoms with E-state index in [4.69, 9.17) is 5.84 Å². The molecule has 2 rings (SSSR count). The van der Waals surface area contributed by atoms with Gasteiger partial charge in [0, 0.05) is 18.9 Å². The first-order chi connectivity index (χ1) is 9.05. The lowest BCUT2D eigenvalue weighted by Crippen LogP contribution is -2.48. The van der Waals surface area contributed by atoms with Gasteiger partial charge in [0.1, 0.15) is 0 Å². The summed E-state index contributed by atoms with van der Waals surface area (Å²) < 4.78 is 26.5. The minimum atomic E-state index is -2.44. The predicted octanol–water partition coefficient (Wildman–Crippen LogP) is 3.86. The Kier molecular flexibility index (Phi) is 5.18. The molecule has 1 unspecified atom stereocenters. The van der Waals surface area contributed by atoms with Crippen molar-refractivity contribution >= 4 is 0 Å². The van der Waals surface area contributed by atoms with E-state index in [0.717, 1.165) is 5.92 Å². The molecule has 1 atom stereocenters. The molecule has 2 saturated carbocycles. The van der Waals surface area contributed by atoms with E-state index >= 15 is 0 Å². The van der Waals surface area contributed by atoms with E-state index in [-0.39, 0.29) is 18.9 Å². The number of nitrogens with two attached hydrogens (primary N) is 1. The Morgan fingerprint density at radius 3 is 2.05 bits per heavy atom. The van der Waals surface area contributed by atoms with Gasteiger partial charge in [-0.3, -0.25) is 11.3 Å². The van der Waals surface area contributed by atoms with Crippen LogP contribution in [0.1, 0.15) is 64.7 Å². The van der Waals surface area contributed by atoms with E-state index in [0.29, 0.717) is 24.7 Å². The Labute approximate surface area is 115 Å². The molecule has 19 heavy (non-hydrogen) atoms. The molecule has 2 nitrogen and oxygen atoms in total. The van der Waals surface area contributed by atoms with Gasteiger partial charge in [-0.15, -0.1) is 0 Å². The summed E-state index contributed by atoms with van der Waals surface area (Å²) in [7, 11) is 0. The molecule has 4 heteroatoms. The molecule has 112 valence electrons. The van der Waals surface area contributed by atoms with Crippen molar-refractivity contribution in [2.24, 2.45) is 23.6 Å². The molecule has 0 bridgehead atoms. The summed E-state index contributed by atoms with van der Waals surface area (Å²) in [6.07, 6.45) is 7.57. The maximum Gasteiger partial charge on any atom is 0.248 e. The van der Waals surface area contributed by atoms with Crippen LogP contribution >= 0.6 is 0 Å².